The molecule has 0 saturated carbocycles. The highest BCUT2D eigenvalue weighted by Crippen LogP contribution is 2.17. The Bertz CT molecular complexity index is 600. The Labute approximate surface area is 121 Å². The third kappa shape index (κ3) is 4.34. The van der Waals surface area contributed by atoms with E-state index in [1.807, 2.05) is 20.8 Å². The molecule has 0 aliphatic heterocycles. The van der Waals surface area contributed by atoms with E-state index in [0.717, 1.165) is 6.42 Å². The highest BCUT2D eigenvalue weighted by molar-refractivity contribution is 7.89. The van der Waals surface area contributed by atoms with Crippen LogP contribution in [0.25, 0.3) is 0 Å². The molecule has 0 radical (unpaired) electrons. The first-order valence-corrected chi connectivity index (χ1v) is 8.21. The molecule has 1 aromatic rings. The molecule has 0 aliphatic rings. The third-order valence-electron chi connectivity index (χ3n) is 3.34. The fourth-order valence-electron chi connectivity index (χ4n) is 1.73. The highest BCUT2D eigenvalue weighted by Gasteiger charge is 2.22. The van der Waals surface area contributed by atoms with Crippen LogP contribution in [0.2, 0.25) is 0 Å². The lowest BCUT2D eigenvalue weighted by molar-refractivity contribution is 0.434. The maximum Gasteiger partial charge on any atom is 0.242 e. The number of nitrogens with two attached hydrogens (primary N) is 1. The predicted molar refractivity (Wildman–Crippen MR) is 81.6 cm³/mol. The molecule has 3 N–H and O–H groups in total. The van der Waals surface area contributed by atoms with Gasteiger partial charge in [0.2, 0.25) is 10.0 Å². The van der Waals surface area contributed by atoms with Gasteiger partial charge in [0.25, 0.3) is 0 Å². The summed E-state index contributed by atoms with van der Waals surface area (Å²) in [6.07, 6.45) is 0.915. The van der Waals surface area contributed by atoms with E-state index in [0.29, 0.717) is 5.56 Å². The van der Waals surface area contributed by atoms with Gasteiger partial charge in [0.1, 0.15) is 0 Å². The number of sulfonamides is 1. The zero-order chi connectivity index (χ0) is 15.2. The van der Waals surface area contributed by atoms with Gasteiger partial charge < -0.3 is 5.73 Å². The van der Waals surface area contributed by atoms with E-state index in [1.165, 1.54) is 0 Å². The van der Waals surface area contributed by atoms with Crippen molar-refractivity contribution in [2.45, 2.75) is 38.1 Å². The summed E-state index contributed by atoms with van der Waals surface area (Å²) >= 11 is 0. The van der Waals surface area contributed by atoms with E-state index in [-0.39, 0.29) is 23.4 Å². The SMILES string of the molecule is CCC(C)C(C)NS(=O)(=O)c1ccccc1C#CCN. The monoisotopic (exact) mass is 294 g/mol. The van der Waals surface area contributed by atoms with Gasteiger partial charge in [0.05, 0.1) is 11.4 Å². The Morgan fingerprint density at radius 2 is 1.95 bits per heavy atom. The lowest BCUT2D eigenvalue weighted by Crippen LogP contribution is -2.37. The topological polar surface area (TPSA) is 72.2 Å². The standard InChI is InChI=1S/C15H22N2O2S/c1-4-12(2)13(3)17-20(18,19)15-10-6-5-8-14(15)9-7-11-16/h5-6,8,10,12-13,17H,4,11,16H2,1-3H3. The van der Waals surface area contributed by atoms with Gasteiger partial charge in [-0.3, -0.25) is 0 Å². The second-order valence-electron chi connectivity index (χ2n) is 4.80. The van der Waals surface area contributed by atoms with Gasteiger partial charge in [-0.1, -0.05) is 44.2 Å². The van der Waals surface area contributed by atoms with E-state index in [1.54, 1.807) is 24.3 Å². The van der Waals surface area contributed by atoms with Crippen LogP contribution in [0.3, 0.4) is 0 Å². The number of benzene rings is 1. The molecule has 4 nitrogen and oxygen atoms in total. The van der Waals surface area contributed by atoms with Gasteiger partial charge in [-0.2, -0.15) is 0 Å². The summed E-state index contributed by atoms with van der Waals surface area (Å²) in [7, 11) is -3.57. The second-order valence-corrected chi connectivity index (χ2v) is 6.48. The Balaban J connectivity index is 3.10. The maximum atomic E-state index is 12.4. The second kappa shape index (κ2) is 7.44. The van der Waals surface area contributed by atoms with Gasteiger partial charge >= 0.3 is 0 Å². The Hall–Kier alpha value is -1.35. The maximum absolute atomic E-state index is 12.4. The molecule has 0 fully saturated rings. The fraction of sp³-hybridized carbons (Fsp3) is 0.467. The minimum Gasteiger partial charge on any atom is -0.320 e. The highest BCUT2D eigenvalue weighted by atomic mass is 32.2. The molecule has 0 amide bonds. The minimum atomic E-state index is -3.57. The van der Waals surface area contributed by atoms with Crippen molar-refractivity contribution in [3.63, 3.8) is 0 Å². The molecular formula is C15H22N2O2S. The number of hydrogen-bond acceptors (Lipinski definition) is 3. The zero-order valence-electron chi connectivity index (χ0n) is 12.2. The van der Waals surface area contributed by atoms with Gasteiger partial charge in [-0.25, -0.2) is 13.1 Å². The van der Waals surface area contributed by atoms with Gasteiger partial charge in [0.15, 0.2) is 0 Å². The molecular weight excluding hydrogens is 272 g/mol. The lowest BCUT2D eigenvalue weighted by atomic mass is 10.0. The van der Waals surface area contributed by atoms with Crippen LogP contribution >= 0.6 is 0 Å². The molecule has 110 valence electrons. The third-order valence-corrected chi connectivity index (χ3v) is 4.96. The van der Waals surface area contributed by atoms with Gasteiger partial charge in [-0.15, -0.1) is 0 Å². The quantitative estimate of drug-likeness (QED) is 0.812. The van der Waals surface area contributed by atoms with Crippen molar-refractivity contribution in [3.8, 4) is 11.8 Å². The largest absolute Gasteiger partial charge is 0.320 e. The zero-order valence-corrected chi connectivity index (χ0v) is 13.0. The van der Waals surface area contributed by atoms with Crippen LogP contribution in [-0.2, 0) is 10.0 Å². The van der Waals surface area contributed by atoms with Crippen LogP contribution in [0.5, 0.6) is 0 Å². The fourth-order valence-corrected chi connectivity index (χ4v) is 3.24. The average Bonchev–Trinajstić information content (AvgIpc) is 2.43. The van der Waals surface area contributed by atoms with E-state index in [9.17, 15) is 8.42 Å². The first-order chi connectivity index (χ1) is 9.42. The normalized spacial score (nSPS) is 14.2. The number of nitrogens with one attached hydrogen (secondary N) is 1. The van der Waals surface area contributed by atoms with Crippen molar-refractivity contribution in [3.05, 3.63) is 29.8 Å². The average molecular weight is 294 g/mol. The lowest BCUT2D eigenvalue weighted by Gasteiger charge is -2.20. The Kier molecular flexibility index (Phi) is 6.21. The van der Waals surface area contributed by atoms with Crippen LogP contribution in [0.1, 0.15) is 32.8 Å². The van der Waals surface area contributed by atoms with Gasteiger partial charge in [-0.05, 0) is 25.0 Å². The smallest absolute Gasteiger partial charge is 0.242 e. The first kappa shape index (κ1) is 16.7. The Morgan fingerprint density at radius 3 is 2.55 bits per heavy atom. The summed E-state index contributed by atoms with van der Waals surface area (Å²) < 4.78 is 27.6. The van der Waals surface area contributed by atoms with E-state index >= 15 is 0 Å². The molecule has 1 rings (SSSR count). The summed E-state index contributed by atoms with van der Waals surface area (Å²) in [5.41, 5.74) is 5.81. The molecule has 0 aliphatic carbocycles. The summed E-state index contributed by atoms with van der Waals surface area (Å²) in [5, 5.41) is 0. The number of rotatable bonds is 5. The van der Waals surface area contributed by atoms with Gasteiger partial charge in [0, 0.05) is 11.6 Å². The van der Waals surface area contributed by atoms with E-state index < -0.39 is 10.0 Å². The number of hydrogen-bond donors (Lipinski definition) is 2. The molecule has 0 saturated heterocycles. The van der Waals surface area contributed by atoms with Crippen molar-refractivity contribution in [2.24, 2.45) is 11.7 Å². The molecule has 1 aromatic carbocycles. The summed E-state index contributed by atoms with van der Waals surface area (Å²) in [6, 6.07) is 6.57. The Morgan fingerprint density at radius 1 is 1.30 bits per heavy atom. The van der Waals surface area contributed by atoms with Crippen molar-refractivity contribution < 1.29 is 8.42 Å². The molecule has 2 unspecified atom stereocenters. The summed E-state index contributed by atoms with van der Waals surface area (Å²) in [4.78, 5) is 0.205. The van der Waals surface area contributed by atoms with E-state index in [2.05, 4.69) is 16.6 Å². The van der Waals surface area contributed by atoms with Crippen LogP contribution in [0.15, 0.2) is 29.2 Å². The van der Waals surface area contributed by atoms with Crippen molar-refractivity contribution in [2.75, 3.05) is 6.54 Å². The molecule has 0 bridgehead atoms. The summed E-state index contributed by atoms with van der Waals surface area (Å²) in [6.45, 7) is 6.13. The van der Waals surface area contributed by atoms with Crippen LogP contribution in [0.4, 0.5) is 0 Å². The summed E-state index contributed by atoms with van der Waals surface area (Å²) in [5.74, 6) is 5.76. The van der Waals surface area contributed by atoms with Crippen molar-refractivity contribution >= 4 is 10.0 Å². The predicted octanol–water partition coefficient (Wildman–Crippen LogP) is 1.71. The van der Waals surface area contributed by atoms with Crippen molar-refractivity contribution in [1.29, 1.82) is 0 Å². The van der Waals surface area contributed by atoms with Crippen LogP contribution in [0, 0.1) is 17.8 Å². The van der Waals surface area contributed by atoms with Crippen molar-refractivity contribution in [1.82, 2.24) is 4.72 Å². The molecule has 0 aromatic heterocycles. The molecule has 0 spiro atoms. The molecule has 0 heterocycles. The van der Waals surface area contributed by atoms with Crippen LogP contribution < -0.4 is 10.5 Å². The first-order valence-electron chi connectivity index (χ1n) is 6.72. The van der Waals surface area contributed by atoms with E-state index in [4.69, 9.17) is 5.73 Å². The molecule has 5 heteroatoms. The molecule has 2 atom stereocenters. The van der Waals surface area contributed by atoms with Crippen LogP contribution in [-0.4, -0.2) is 21.0 Å². The molecule has 20 heavy (non-hydrogen) atoms. The minimum absolute atomic E-state index is 0.125.